The summed E-state index contributed by atoms with van der Waals surface area (Å²) < 4.78 is 24.2. The Hall–Kier alpha value is -0.960. The van der Waals surface area contributed by atoms with Crippen LogP contribution in [0.15, 0.2) is 27.6 Å². The molecule has 1 rings (SSSR count). The van der Waals surface area contributed by atoms with E-state index in [9.17, 15) is 13.2 Å². The first-order valence-electron chi connectivity index (χ1n) is 4.51. The predicted octanol–water partition coefficient (Wildman–Crippen LogP) is 0.453. The van der Waals surface area contributed by atoms with Crippen LogP contribution in [0.2, 0.25) is 0 Å². The van der Waals surface area contributed by atoms with Crippen LogP contribution >= 0.6 is 15.9 Å². The molecule has 1 aromatic rings. The molecule has 6 nitrogen and oxygen atoms in total. The third-order valence-electron chi connectivity index (χ3n) is 1.82. The van der Waals surface area contributed by atoms with Gasteiger partial charge in [-0.2, -0.15) is 0 Å². The Morgan fingerprint density at radius 2 is 2.18 bits per heavy atom. The molecule has 1 amide bonds. The van der Waals surface area contributed by atoms with Gasteiger partial charge in [0.05, 0.1) is 4.90 Å². The lowest BCUT2D eigenvalue weighted by atomic mass is 10.2. The quantitative estimate of drug-likeness (QED) is 0.769. The number of carbonyl (C=O) groups is 1. The second kappa shape index (κ2) is 5.58. The Morgan fingerprint density at radius 1 is 1.53 bits per heavy atom. The molecule has 0 atom stereocenters. The molecule has 0 spiro atoms. The molecular formula is C9H11BrN2O4S. The van der Waals surface area contributed by atoms with E-state index in [1.54, 1.807) is 19.1 Å². The van der Waals surface area contributed by atoms with Crippen LogP contribution in [0, 0.1) is 6.92 Å². The highest BCUT2D eigenvalue weighted by Gasteiger charge is 2.17. The van der Waals surface area contributed by atoms with Crippen molar-refractivity contribution in [2.24, 2.45) is 5.73 Å². The van der Waals surface area contributed by atoms with Crippen molar-refractivity contribution in [1.29, 1.82) is 0 Å². The molecule has 0 aliphatic carbocycles. The number of nitrogens with one attached hydrogen (secondary N) is 1. The topological polar surface area (TPSA) is 98.5 Å². The van der Waals surface area contributed by atoms with Crippen molar-refractivity contribution in [3.63, 3.8) is 0 Å². The summed E-state index contributed by atoms with van der Waals surface area (Å²) in [6.45, 7) is 1.13. The van der Waals surface area contributed by atoms with Gasteiger partial charge in [-0.25, -0.2) is 8.42 Å². The first-order valence-corrected chi connectivity index (χ1v) is 6.78. The Kier molecular flexibility index (Phi) is 4.63. The average Bonchev–Trinajstić information content (AvgIpc) is 2.20. The lowest BCUT2D eigenvalue weighted by Gasteiger charge is -2.08. The van der Waals surface area contributed by atoms with Crippen LogP contribution in [-0.2, 0) is 19.7 Å². The Bertz CT molecular complexity index is 530. The molecule has 0 aliphatic heterocycles. The van der Waals surface area contributed by atoms with Crippen LogP contribution in [0.1, 0.15) is 5.56 Å². The molecule has 0 radical (unpaired) electrons. The van der Waals surface area contributed by atoms with E-state index >= 15 is 0 Å². The number of aryl methyl sites for hydroxylation is 1. The molecule has 17 heavy (non-hydrogen) atoms. The molecule has 0 fully saturated rings. The molecule has 0 saturated carbocycles. The number of nitrogens with two attached hydrogens (primary N) is 1. The second-order valence-electron chi connectivity index (χ2n) is 3.25. The highest BCUT2D eigenvalue weighted by Crippen LogP contribution is 2.20. The van der Waals surface area contributed by atoms with Gasteiger partial charge in [-0.05, 0) is 24.6 Å². The summed E-state index contributed by atoms with van der Waals surface area (Å²) >= 11 is 3.17. The Balaban J connectivity index is 2.89. The molecular weight excluding hydrogens is 312 g/mol. The maximum Gasteiger partial charge on any atom is 0.262 e. The van der Waals surface area contributed by atoms with Crippen molar-refractivity contribution in [3.05, 3.63) is 28.2 Å². The molecule has 3 N–H and O–H groups in total. The highest BCUT2D eigenvalue weighted by atomic mass is 79.9. The van der Waals surface area contributed by atoms with Crippen LogP contribution in [-0.4, -0.2) is 20.9 Å². The number of benzene rings is 1. The van der Waals surface area contributed by atoms with Gasteiger partial charge in [0.1, 0.15) is 6.61 Å². The summed E-state index contributed by atoms with van der Waals surface area (Å²) in [7, 11) is -3.82. The molecule has 0 aliphatic rings. The van der Waals surface area contributed by atoms with Gasteiger partial charge >= 0.3 is 0 Å². The fourth-order valence-corrected chi connectivity index (χ4v) is 2.68. The van der Waals surface area contributed by atoms with Crippen molar-refractivity contribution in [3.8, 4) is 0 Å². The fraction of sp³-hybridized carbons (Fsp3) is 0.222. The van der Waals surface area contributed by atoms with E-state index in [0.29, 0.717) is 10.0 Å². The zero-order valence-electron chi connectivity index (χ0n) is 8.94. The van der Waals surface area contributed by atoms with Crippen molar-refractivity contribution in [1.82, 2.24) is 4.89 Å². The number of rotatable bonds is 5. The number of primary amides is 1. The zero-order chi connectivity index (χ0) is 13.1. The van der Waals surface area contributed by atoms with E-state index < -0.39 is 22.5 Å². The van der Waals surface area contributed by atoms with Gasteiger partial charge in [0, 0.05) is 4.47 Å². The third-order valence-corrected chi connectivity index (χ3v) is 3.67. The van der Waals surface area contributed by atoms with E-state index in [1.807, 2.05) is 4.89 Å². The van der Waals surface area contributed by atoms with Crippen LogP contribution < -0.4 is 10.6 Å². The van der Waals surface area contributed by atoms with Gasteiger partial charge < -0.3 is 5.73 Å². The van der Waals surface area contributed by atoms with E-state index in [2.05, 4.69) is 20.8 Å². The third kappa shape index (κ3) is 4.08. The summed E-state index contributed by atoms with van der Waals surface area (Å²) in [5.74, 6) is -0.765. The molecule has 94 valence electrons. The van der Waals surface area contributed by atoms with Gasteiger partial charge in [-0.1, -0.05) is 26.9 Å². The maximum absolute atomic E-state index is 11.8. The second-order valence-corrected chi connectivity index (χ2v) is 5.78. The largest absolute Gasteiger partial charge is 0.368 e. The summed E-state index contributed by atoms with van der Waals surface area (Å²) in [6, 6.07) is 4.80. The van der Waals surface area contributed by atoms with Crippen LogP contribution in [0.3, 0.4) is 0 Å². The maximum atomic E-state index is 11.8. The minimum atomic E-state index is -3.82. The van der Waals surface area contributed by atoms with E-state index in [-0.39, 0.29) is 4.90 Å². The molecule has 0 unspecified atom stereocenters. The molecule has 1 aromatic carbocycles. The molecule has 0 bridgehead atoms. The van der Waals surface area contributed by atoms with Gasteiger partial charge in [-0.15, -0.1) is 0 Å². The van der Waals surface area contributed by atoms with Crippen LogP contribution in [0.25, 0.3) is 0 Å². The number of hydrogen-bond donors (Lipinski definition) is 2. The SMILES string of the molecule is Cc1ccc(Br)cc1S(=O)(=O)NOCC(N)=O. The molecule has 0 aromatic heterocycles. The number of amides is 1. The number of halogens is 1. The Labute approximate surface area is 107 Å². The standard InChI is InChI=1S/C9H11BrN2O4S/c1-6-2-3-7(10)4-8(6)17(14,15)12-16-5-9(11)13/h2-4,12H,5H2,1H3,(H2,11,13). The van der Waals surface area contributed by atoms with Crippen molar-refractivity contribution in [2.45, 2.75) is 11.8 Å². The zero-order valence-corrected chi connectivity index (χ0v) is 11.3. The van der Waals surface area contributed by atoms with E-state index in [1.165, 1.54) is 6.07 Å². The smallest absolute Gasteiger partial charge is 0.262 e. The van der Waals surface area contributed by atoms with E-state index in [4.69, 9.17) is 5.73 Å². The van der Waals surface area contributed by atoms with Crippen molar-refractivity contribution < 1.29 is 18.0 Å². The minimum absolute atomic E-state index is 0.0661. The Morgan fingerprint density at radius 3 is 2.76 bits per heavy atom. The van der Waals surface area contributed by atoms with Crippen molar-refractivity contribution in [2.75, 3.05) is 6.61 Å². The average molecular weight is 323 g/mol. The first-order chi connectivity index (χ1) is 7.83. The summed E-state index contributed by atoms with van der Waals surface area (Å²) in [5.41, 5.74) is 5.37. The van der Waals surface area contributed by atoms with Crippen LogP contribution in [0.5, 0.6) is 0 Å². The summed E-state index contributed by atoms with van der Waals surface area (Å²) in [5, 5.41) is 0. The lowest BCUT2D eigenvalue weighted by Crippen LogP contribution is -2.29. The first kappa shape index (κ1) is 14.1. The summed E-state index contributed by atoms with van der Waals surface area (Å²) in [4.78, 5) is 16.8. The molecule has 0 heterocycles. The van der Waals surface area contributed by atoms with E-state index in [0.717, 1.165) is 0 Å². The fourth-order valence-electron chi connectivity index (χ4n) is 1.09. The monoisotopic (exact) mass is 322 g/mol. The van der Waals surface area contributed by atoms with Crippen molar-refractivity contribution >= 4 is 31.9 Å². The molecule has 0 saturated heterocycles. The highest BCUT2D eigenvalue weighted by molar-refractivity contribution is 9.10. The minimum Gasteiger partial charge on any atom is -0.368 e. The predicted molar refractivity (Wildman–Crippen MR) is 64.3 cm³/mol. The van der Waals surface area contributed by atoms with Gasteiger partial charge in [0.15, 0.2) is 0 Å². The molecule has 8 heteroatoms. The number of hydrogen-bond acceptors (Lipinski definition) is 4. The number of carbonyl (C=O) groups excluding carboxylic acids is 1. The van der Waals surface area contributed by atoms with Gasteiger partial charge in [-0.3, -0.25) is 9.63 Å². The normalized spacial score (nSPS) is 11.4. The van der Waals surface area contributed by atoms with Gasteiger partial charge in [0.2, 0.25) is 5.91 Å². The summed E-state index contributed by atoms with van der Waals surface area (Å²) in [6.07, 6.45) is 0. The number of sulfonamides is 1. The van der Waals surface area contributed by atoms with Gasteiger partial charge in [0.25, 0.3) is 10.0 Å². The van der Waals surface area contributed by atoms with Crippen LogP contribution in [0.4, 0.5) is 0 Å². The lowest BCUT2D eigenvalue weighted by molar-refractivity contribution is -0.123.